The van der Waals surface area contributed by atoms with Crippen LogP contribution in [0.15, 0.2) is 79.0 Å². The molecule has 1 aliphatic rings. The van der Waals surface area contributed by atoms with Crippen molar-refractivity contribution < 1.29 is 31.8 Å². The maximum Gasteiger partial charge on any atom is 0.239 e. The van der Waals surface area contributed by atoms with E-state index < -0.39 is 29.1 Å². The summed E-state index contributed by atoms with van der Waals surface area (Å²) in [7, 11) is 1.58. The summed E-state index contributed by atoms with van der Waals surface area (Å²) in [6.07, 6.45) is 1.83. The molecule has 0 unspecified atom stereocenters. The normalized spacial score (nSPS) is 11.8. The highest BCUT2D eigenvalue weighted by atomic mass is 19.1. The third-order valence-corrected chi connectivity index (χ3v) is 8.71. The molecule has 0 fully saturated rings. The van der Waals surface area contributed by atoms with Crippen molar-refractivity contribution in [2.75, 3.05) is 36.0 Å². The lowest BCUT2D eigenvalue weighted by Crippen LogP contribution is -2.10. The summed E-state index contributed by atoms with van der Waals surface area (Å²) in [6.45, 7) is 3.50. The van der Waals surface area contributed by atoms with Crippen LogP contribution in [0.3, 0.4) is 0 Å². The van der Waals surface area contributed by atoms with Crippen LogP contribution in [-0.2, 0) is 0 Å². The summed E-state index contributed by atoms with van der Waals surface area (Å²) < 4.78 is 75.7. The Morgan fingerprint density at radius 2 is 1.44 bits per heavy atom. The van der Waals surface area contributed by atoms with E-state index in [1.807, 2.05) is 31.3 Å². The van der Waals surface area contributed by atoms with Crippen LogP contribution in [0.25, 0.3) is 33.9 Å². The lowest BCUT2D eigenvalue weighted by molar-refractivity contribution is 0.174. The standard InChI is InChI=1S/C19H13F3N6O2.C19H17FN6O/c1-8-24-16-11(21)4-9(20)5-12(16)28(8)19-26-17(23)15(22)18(27-19)25-10-2-3-13-14(6-10)30-7-29-13;1-11-15(14-5-3-4-10-26(14)25-11)18-23-17(21)16(20)19(24-18)22-12-6-8-13(27-2)9-7-12/h2-6H,7H2,1H3,(H3,23,25,26,27);3-10H,1-2H3,(H3,21,22,23,24). The fraction of sp³-hybridized carbons (Fsp3) is 0.105. The second-order valence-electron chi connectivity index (χ2n) is 12.5. The number of halogens is 4. The van der Waals surface area contributed by atoms with Crippen molar-refractivity contribution in [3.8, 4) is 34.6 Å². The molecule has 19 heteroatoms. The Bertz CT molecular complexity index is 2830. The van der Waals surface area contributed by atoms with Crippen molar-refractivity contribution in [3.63, 3.8) is 0 Å². The molecule has 0 spiro atoms. The Hall–Kier alpha value is -7.70. The smallest absolute Gasteiger partial charge is 0.239 e. The van der Waals surface area contributed by atoms with Gasteiger partial charge in [-0.1, -0.05) is 6.07 Å². The fourth-order valence-corrected chi connectivity index (χ4v) is 6.08. The number of imidazole rings is 1. The number of methoxy groups -OCH3 is 1. The monoisotopic (exact) mass is 778 g/mol. The molecular formula is C38H30F4N12O3. The van der Waals surface area contributed by atoms with E-state index in [4.69, 9.17) is 25.7 Å². The highest BCUT2D eigenvalue weighted by molar-refractivity contribution is 5.80. The summed E-state index contributed by atoms with van der Waals surface area (Å²) in [4.78, 5) is 20.7. The predicted octanol–water partition coefficient (Wildman–Crippen LogP) is 7.17. The van der Waals surface area contributed by atoms with Crippen molar-refractivity contribution >= 4 is 51.2 Å². The number of pyridine rings is 1. The SMILES string of the molecule is COc1ccc(Nc2nc(-c3c(C)nn4ccccc34)nc(N)c2F)cc1.Cc1nc2c(F)cc(F)cc2n1-c1nc(N)c(F)c(Nc2ccc3c(c2)OCO3)n1. The number of hydrogen-bond acceptors (Lipinski definition) is 13. The molecule has 0 bridgehead atoms. The summed E-state index contributed by atoms with van der Waals surface area (Å²) in [5.41, 5.74) is 14.9. The van der Waals surface area contributed by atoms with Gasteiger partial charge in [0.25, 0.3) is 0 Å². The zero-order chi connectivity index (χ0) is 40.0. The van der Waals surface area contributed by atoms with Gasteiger partial charge in [-0.25, -0.2) is 28.2 Å². The van der Waals surface area contributed by atoms with Crippen LogP contribution in [0.4, 0.5) is 52.2 Å². The topological polar surface area (TPSA) is 190 Å². The molecule has 57 heavy (non-hydrogen) atoms. The van der Waals surface area contributed by atoms with Crippen LogP contribution in [-0.4, -0.2) is 53.0 Å². The lowest BCUT2D eigenvalue weighted by Gasteiger charge is -2.12. The molecule has 1 aliphatic heterocycles. The van der Waals surface area contributed by atoms with E-state index in [-0.39, 0.29) is 47.1 Å². The molecule has 6 heterocycles. The number of nitrogens with two attached hydrogens (primary N) is 2. The third kappa shape index (κ3) is 6.92. The number of benzene rings is 3. The molecule has 0 saturated heterocycles. The first-order valence-corrected chi connectivity index (χ1v) is 17.0. The maximum absolute atomic E-state index is 14.6. The fourth-order valence-electron chi connectivity index (χ4n) is 6.08. The number of hydrogen-bond donors (Lipinski definition) is 4. The minimum atomic E-state index is -0.879. The molecule has 6 N–H and O–H groups in total. The molecule has 5 aromatic heterocycles. The highest BCUT2D eigenvalue weighted by Gasteiger charge is 2.22. The van der Waals surface area contributed by atoms with Gasteiger partial charge in [0, 0.05) is 35.8 Å². The molecule has 8 aromatic rings. The molecule has 0 atom stereocenters. The average Bonchev–Trinajstić information content (AvgIpc) is 3.90. The van der Waals surface area contributed by atoms with E-state index in [1.165, 1.54) is 4.57 Å². The van der Waals surface area contributed by atoms with Gasteiger partial charge >= 0.3 is 0 Å². The van der Waals surface area contributed by atoms with Gasteiger partial charge in [0.2, 0.25) is 24.4 Å². The van der Waals surface area contributed by atoms with E-state index in [0.717, 1.165) is 23.3 Å². The zero-order valence-electron chi connectivity index (χ0n) is 30.2. The van der Waals surface area contributed by atoms with Crippen LogP contribution in [0.2, 0.25) is 0 Å². The molecule has 0 aliphatic carbocycles. The van der Waals surface area contributed by atoms with Crippen molar-refractivity contribution in [2.24, 2.45) is 0 Å². The number of ether oxygens (including phenoxy) is 3. The minimum Gasteiger partial charge on any atom is -0.497 e. The predicted molar refractivity (Wildman–Crippen MR) is 203 cm³/mol. The van der Waals surface area contributed by atoms with Crippen LogP contribution < -0.4 is 36.3 Å². The van der Waals surface area contributed by atoms with Crippen molar-refractivity contribution in [3.05, 3.63) is 114 Å². The summed E-state index contributed by atoms with van der Waals surface area (Å²) in [6, 6.07) is 19.5. The molecule has 0 amide bonds. The van der Waals surface area contributed by atoms with Gasteiger partial charge in [0.05, 0.1) is 29.4 Å². The Kier molecular flexibility index (Phi) is 9.24. The zero-order valence-corrected chi connectivity index (χ0v) is 30.2. The van der Waals surface area contributed by atoms with Crippen molar-refractivity contribution in [1.29, 1.82) is 0 Å². The van der Waals surface area contributed by atoms with Gasteiger partial charge in [0.15, 0.2) is 46.4 Å². The maximum atomic E-state index is 14.6. The molecular weight excluding hydrogens is 748 g/mol. The highest BCUT2D eigenvalue weighted by Crippen LogP contribution is 2.36. The van der Waals surface area contributed by atoms with Crippen molar-refractivity contribution in [2.45, 2.75) is 13.8 Å². The van der Waals surface area contributed by atoms with E-state index in [2.05, 4.69) is 40.7 Å². The first-order chi connectivity index (χ1) is 27.5. The first kappa shape index (κ1) is 36.3. The summed E-state index contributed by atoms with van der Waals surface area (Å²) >= 11 is 0. The summed E-state index contributed by atoms with van der Waals surface area (Å²) in [5, 5.41) is 10.2. The quantitative estimate of drug-likeness (QED) is 0.119. The van der Waals surface area contributed by atoms with Crippen LogP contribution in [0.5, 0.6) is 17.2 Å². The van der Waals surface area contributed by atoms with Crippen molar-refractivity contribution in [1.82, 2.24) is 39.1 Å². The number of rotatable bonds is 7. The molecule has 288 valence electrons. The number of fused-ring (bicyclic) bond motifs is 3. The van der Waals surface area contributed by atoms with Crippen LogP contribution in [0, 0.1) is 37.1 Å². The van der Waals surface area contributed by atoms with Gasteiger partial charge in [-0.2, -0.15) is 23.8 Å². The summed E-state index contributed by atoms with van der Waals surface area (Å²) in [5.74, 6) is -1.88. The van der Waals surface area contributed by atoms with Gasteiger partial charge in [-0.15, -0.1) is 0 Å². The lowest BCUT2D eigenvalue weighted by atomic mass is 10.2. The number of aryl methyl sites for hydroxylation is 2. The third-order valence-electron chi connectivity index (χ3n) is 8.71. The number of anilines is 6. The Labute approximate surface area is 319 Å². The Morgan fingerprint density at radius 1 is 0.737 bits per heavy atom. The van der Waals surface area contributed by atoms with Gasteiger partial charge in [-0.05, 0) is 62.4 Å². The van der Waals surface area contributed by atoms with Gasteiger partial charge in [-0.3, -0.25) is 4.57 Å². The van der Waals surface area contributed by atoms with Crippen LogP contribution in [0.1, 0.15) is 11.5 Å². The molecule has 9 rings (SSSR count). The van der Waals surface area contributed by atoms with Gasteiger partial charge in [0.1, 0.15) is 22.9 Å². The Balaban J connectivity index is 0.000000161. The number of nitrogen functional groups attached to an aromatic ring is 2. The Morgan fingerprint density at radius 3 is 2.21 bits per heavy atom. The number of aromatic nitrogens is 8. The van der Waals surface area contributed by atoms with Crippen LogP contribution >= 0.6 is 0 Å². The average molecular weight is 779 g/mol. The second kappa shape index (κ2) is 14.5. The second-order valence-corrected chi connectivity index (χ2v) is 12.5. The molecule has 3 aromatic carbocycles. The van der Waals surface area contributed by atoms with Gasteiger partial charge < -0.3 is 36.3 Å². The first-order valence-electron chi connectivity index (χ1n) is 17.0. The molecule has 15 nitrogen and oxygen atoms in total. The van der Waals surface area contributed by atoms with E-state index in [0.29, 0.717) is 40.0 Å². The largest absolute Gasteiger partial charge is 0.497 e. The number of nitrogens with one attached hydrogen (secondary N) is 2. The molecule has 0 saturated carbocycles. The van der Waals surface area contributed by atoms with E-state index in [9.17, 15) is 17.6 Å². The molecule has 0 radical (unpaired) electrons. The number of nitrogens with zero attached hydrogens (tertiary/aromatic N) is 8. The van der Waals surface area contributed by atoms with E-state index >= 15 is 0 Å². The van der Waals surface area contributed by atoms with E-state index in [1.54, 1.807) is 61.0 Å². The minimum absolute atomic E-state index is 0.00246.